The first-order chi connectivity index (χ1) is 7.72. The molecular formula is C13H21NOS. The zero-order valence-corrected chi connectivity index (χ0v) is 11.4. The highest BCUT2D eigenvalue weighted by atomic mass is 32.2. The Labute approximate surface area is 103 Å². The van der Waals surface area contributed by atoms with Gasteiger partial charge in [-0.2, -0.15) is 11.8 Å². The first kappa shape index (κ1) is 13.4. The lowest BCUT2D eigenvalue weighted by Gasteiger charge is -2.15. The van der Waals surface area contributed by atoms with Crippen molar-refractivity contribution in [2.75, 3.05) is 19.9 Å². The van der Waals surface area contributed by atoms with Gasteiger partial charge in [0.15, 0.2) is 0 Å². The second-order valence-electron chi connectivity index (χ2n) is 3.74. The summed E-state index contributed by atoms with van der Waals surface area (Å²) in [5, 5.41) is 3.25. The van der Waals surface area contributed by atoms with Gasteiger partial charge in [0.05, 0.1) is 6.61 Å². The summed E-state index contributed by atoms with van der Waals surface area (Å²) < 4.78 is 5.62. The number of nitrogens with one attached hydrogen (secondary N) is 1. The van der Waals surface area contributed by atoms with Crippen LogP contribution in [0.4, 0.5) is 0 Å². The molecule has 1 aromatic rings. The van der Waals surface area contributed by atoms with Gasteiger partial charge in [0, 0.05) is 17.4 Å². The van der Waals surface area contributed by atoms with Crippen molar-refractivity contribution in [3.8, 4) is 5.75 Å². The number of hydrogen-bond acceptors (Lipinski definition) is 3. The van der Waals surface area contributed by atoms with Crippen LogP contribution in [0.1, 0.15) is 31.0 Å². The molecule has 1 atom stereocenters. The Balaban J connectivity index is 2.96. The summed E-state index contributed by atoms with van der Waals surface area (Å²) in [6.07, 6.45) is 2.11. The zero-order chi connectivity index (χ0) is 12.0. The van der Waals surface area contributed by atoms with E-state index in [1.807, 2.05) is 25.7 Å². The molecule has 0 saturated carbocycles. The van der Waals surface area contributed by atoms with E-state index in [-0.39, 0.29) is 0 Å². The van der Waals surface area contributed by atoms with Crippen molar-refractivity contribution in [3.63, 3.8) is 0 Å². The Bertz CT molecular complexity index is 328. The molecule has 0 aliphatic heterocycles. The van der Waals surface area contributed by atoms with E-state index in [1.165, 1.54) is 11.1 Å². The Kier molecular flexibility index (Phi) is 5.71. The highest BCUT2D eigenvalue weighted by molar-refractivity contribution is 7.97. The average Bonchev–Trinajstić information content (AvgIpc) is 2.31. The highest BCUT2D eigenvalue weighted by Gasteiger charge is 2.08. The molecule has 16 heavy (non-hydrogen) atoms. The molecule has 0 amide bonds. The largest absolute Gasteiger partial charge is 0.494 e. The molecule has 1 N–H and O–H groups in total. The van der Waals surface area contributed by atoms with E-state index in [9.17, 15) is 0 Å². The van der Waals surface area contributed by atoms with Crippen LogP contribution in [0.2, 0.25) is 0 Å². The van der Waals surface area contributed by atoms with Gasteiger partial charge < -0.3 is 10.1 Å². The minimum Gasteiger partial charge on any atom is -0.494 e. The lowest BCUT2D eigenvalue weighted by molar-refractivity contribution is 0.337. The van der Waals surface area contributed by atoms with Gasteiger partial charge in [0.2, 0.25) is 0 Å². The van der Waals surface area contributed by atoms with E-state index < -0.39 is 0 Å². The Morgan fingerprint density at radius 3 is 2.75 bits per heavy atom. The Hall–Kier alpha value is -0.670. The van der Waals surface area contributed by atoms with Crippen LogP contribution in [0.3, 0.4) is 0 Å². The maximum atomic E-state index is 5.62. The molecule has 0 bridgehead atoms. The molecule has 0 aliphatic rings. The van der Waals surface area contributed by atoms with Crippen LogP contribution in [0.25, 0.3) is 0 Å². The number of ether oxygens (including phenoxy) is 1. The third-order valence-electron chi connectivity index (χ3n) is 2.62. The monoisotopic (exact) mass is 239 g/mol. The van der Waals surface area contributed by atoms with Crippen LogP contribution in [0, 0.1) is 0 Å². The first-order valence-electron chi connectivity index (χ1n) is 5.64. The number of rotatable bonds is 6. The number of benzene rings is 1. The molecule has 0 aliphatic carbocycles. The maximum Gasteiger partial charge on any atom is 0.123 e. The third kappa shape index (κ3) is 3.42. The molecule has 0 heterocycles. The second-order valence-corrected chi connectivity index (χ2v) is 4.61. The van der Waals surface area contributed by atoms with Crippen LogP contribution >= 0.6 is 11.8 Å². The molecule has 90 valence electrons. The summed E-state index contributed by atoms with van der Waals surface area (Å²) >= 11 is 1.82. The second kappa shape index (κ2) is 6.81. The minimum absolute atomic E-state index is 0.385. The third-order valence-corrected chi connectivity index (χ3v) is 3.22. The predicted molar refractivity (Wildman–Crippen MR) is 72.3 cm³/mol. The summed E-state index contributed by atoms with van der Waals surface area (Å²) in [4.78, 5) is 0. The van der Waals surface area contributed by atoms with Crippen molar-refractivity contribution in [1.29, 1.82) is 0 Å². The molecule has 0 aromatic heterocycles. The van der Waals surface area contributed by atoms with Crippen molar-refractivity contribution in [2.24, 2.45) is 0 Å². The van der Waals surface area contributed by atoms with E-state index in [0.717, 1.165) is 18.1 Å². The summed E-state index contributed by atoms with van der Waals surface area (Å²) in [7, 11) is 1.98. The van der Waals surface area contributed by atoms with E-state index in [0.29, 0.717) is 6.04 Å². The van der Waals surface area contributed by atoms with Gasteiger partial charge in [-0.1, -0.05) is 6.07 Å². The minimum atomic E-state index is 0.385. The quantitative estimate of drug-likeness (QED) is 0.823. The van der Waals surface area contributed by atoms with Crippen LogP contribution in [-0.4, -0.2) is 19.9 Å². The first-order valence-corrected chi connectivity index (χ1v) is 7.04. The van der Waals surface area contributed by atoms with E-state index in [2.05, 4.69) is 36.7 Å². The summed E-state index contributed by atoms with van der Waals surface area (Å²) in [5.74, 6) is 2.02. The van der Waals surface area contributed by atoms with Crippen molar-refractivity contribution in [2.45, 2.75) is 25.6 Å². The predicted octanol–water partition coefficient (Wildman–Crippen LogP) is 3.23. The SMILES string of the molecule is CCOc1ccc(C(C)NC)cc1CSC. The standard InChI is InChI=1S/C13H21NOS/c1-5-15-13-7-6-11(10(2)14-3)8-12(13)9-16-4/h6-8,10,14H,5,9H2,1-4H3. The van der Waals surface area contributed by atoms with E-state index in [4.69, 9.17) is 4.74 Å². The molecule has 0 radical (unpaired) electrons. The van der Waals surface area contributed by atoms with Crippen LogP contribution in [0.5, 0.6) is 5.75 Å². The molecule has 0 saturated heterocycles. The number of hydrogen-bond donors (Lipinski definition) is 1. The topological polar surface area (TPSA) is 21.3 Å². The van der Waals surface area contributed by atoms with Gasteiger partial charge in [-0.15, -0.1) is 0 Å². The molecule has 1 aromatic carbocycles. The molecule has 0 fully saturated rings. The summed E-state index contributed by atoms with van der Waals surface area (Å²) in [5.41, 5.74) is 2.60. The zero-order valence-electron chi connectivity index (χ0n) is 10.5. The average molecular weight is 239 g/mol. The smallest absolute Gasteiger partial charge is 0.123 e. The molecule has 3 heteroatoms. The van der Waals surface area contributed by atoms with Gasteiger partial charge in [-0.05, 0) is 44.8 Å². The van der Waals surface area contributed by atoms with E-state index in [1.54, 1.807) is 0 Å². The normalized spacial score (nSPS) is 12.5. The van der Waals surface area contributed by atoms with Gasteiger partial charge in [0.1, 0.15) is 5.75 Å². The Morgan fingerprint density at radius 1 is 1.44 bits per heavy atom. The van der Waals surface area contributed by atoms with Crippen LogP contribution in [-0.2, 0) is 5.75 Å². The fourth-order valence-electron chi connectivity index (χ4n) is 1.60. The van der Waals surface area contributed by atoms with Gasteiger partial charge in [-0.25, -0.2) is 0 Å². The Morgan fingerprint density at radius 2 is 2.19 bits per heavy atom. The van der Waals surface area contributed by atoms with Crippen LogP contribution in [0.15, 0.2) is 18.2 Å². The van der Waals surface area contributed by atoms with Gasteiger partial charge in [0.25, 0.3) is 0 Å². The van der Waals surface area contributed by atoms with Crippen molar-refractivity contribution in [1.82, 2.24) is 5.32 Å². The molecule has 1 rings (SSSR count). The lowest BCUT2D eigenvalue weighted by Crippen LogP contribution is -2.12. The molecule has 0 spiro atoms. The van der Waals surface area contributed by atoms with E-state index >= 15 is 0 Å². The van der Waals surface area contributed by atoms with Crippen molar-refractivity contribution in [3.05, 3.63) is 29.3 Å². The number of thioether (sulfide) groups is 1. The lowest BCUT2D eigenvalue weighted by atomic mass is 10.1. The van der Waals surface area contributed by atoms with Crippen molar-refractivity contribution >= 4 is 11.8 Å². The molecule has 2 nitrogen and oxygen atoms in total. The maximum absolute atomic E-state index is 5.62. The van der Waals surface area contributed by atoms with Crippen molar-refractivity contribution < 1.29 is 4.74 Å². The van der Waals surface area contributed by atoms with Crippen LogP contribution < -0.4 is 10.1 Å². The summed E-state index contributed by atoms with van der Waals surface area (Å²) in [6, 6.07) is 6.84. The fraction of sp³-hybridized carbons (Fsp3) is 0.538. The summed E-state index contributed by atoms with van der Waals surface area (Å²) in [6.45, 7) is 4.91. The molecule has 1 unspecified atom stereocenters. The van der Waals surface area contributed by atoms with Gasteiger partial charge in [-0.3, -0.25) is 0 Å². The fourth-order valence-corrected chi connectivity index (χ4v) is 2.14. The molecular weight excluding hydrogens is 218 g/mol. The highest BCUT2D eigenvalue weighted by Crippen LogP contribution is 2.26. The van der Waals surface area contributed by atoms with Gasteiger partial charge >= 0.3 is 0 Å².